The Hall–Kier alpha value is -3.52. The third-order valence-corrected chi connectivity index (χ3v) is 5.38. The summed E-state index contributed by atoms with van der Waals surface area (Å²) < 4.78 is 11.5. The molecule has 8 nitrogen and oxygen atoms in total. The van der Waals surface area contributed by atoms with E-state index in [2.05, 4.69) is 4.90 Å². The monoisotopic (exact) mass is 404 g/mol. The van der Waals surface area contributed by atoms with Crippen LogP contribution in [0.25, 0.3) is 22.6 Å². The molecule has 5 rings (SSSR count). The van der Waals surface area contributed by atoms with Crippen molar-refractivity contribution in [3.63, 3.8) is 0 Å². The first kappa shape index (κ1) is 18.5. The van der Waals surface area contributed by atoms with Crippen LogP contribution < -0.4 is 9.64 Å². The number of fused-ring (bicyclic) bond motifs is 3. The predicted octanol–water partition coefficient (Wildman–Crippen LogP) is 3.49. The Morgan fingerprint density at radius 2 is 1.73 bits per heavy atom. The van der Waals surface area contributed by atoms with Gasteiger partial charge in [0.2, 0.25) is 0 Å². The van der Waals surface area contributed by atoms with E-state index in [4.69, 9.17) is 19.4 Å². The molecule has 8 heteroatoms. The fraction of sp³-hybridized carbons (Fsp3) is 0.273. The van der Waals surface area contributed by atoms with Gasteiger partial charge in [0.25, 0.3) is 5.69 Å². The number of non-ortho nitro benzene ring substituents is 1. The molecule has 1 saturated heterocycles. The molecule has 0 radical (unpaired) electrons. The molecule has 1 aromatic heterocycles. The second-order valence-electron chi connectivity index (χ2n) is 7.20. The highest BCUT2D eigenvalue weighted by Crippen LogP contribution is 2.38. The Morgan fingerprint density at radius 1 is 0.967 bits per heavy atom. The Balaban J connectivity index is 1.69. The van der Waals surface area contributed by atoms with Crippen molar-refractivity contribution in [1.82, 2.24) is 9.97 Å². The van der Waals surface area contributed by atoms with Crippen LogP contribution in [0.15, 0.2) is 48.5 Å². The Labute approximate surface area is 173 Å². The lowest BCUT2D eigenvalue weighted by Crippen LogP contribution is -2.37. The summed E-state index contributed by atoms with van der Waals surface area (Å²) in [6.07, 6.45) is 0.706. The molecule has 0 spiro atoms. The zero-order valence-corrected chi connectivity index (χ0v) is 16.3. The van der Waals surface area contributed by atoms with Crippen molar-refractivity contribution in [3.05, 3.63) is 64.2 Å². The number of aromatic nitrogens is 2. The minimum atomic E-state index is -0.408. The molecule has 2 aliphatic heterocycles. The van der Waals surface area contributed by atoms with Gasteiger partial charge in [0.05, 0.1) is 30.4 Å². The van der Waals surface area contributed by atoms with Crippen LogP contribution in [-0.4, -0.2) is 47.8 Å². The van der Waals surface area contributed by atoms with E-state index in [1.165, 1.54) is 12.1 Å². The molecule has 0 aliphatic carbocycles. The minimum absolute atomic E-state index is 0.0423. The Bertz CT molecular complexity index is 1090. The number of nitro benzene ring substituents is 1. The number of nitro groups is 1. The van der Waals surface area contributed by atoms with Crippen molar-refractivity contribution in [3.8, 4) is 28.4 Å². The maximum absolute atomic E-state index is 11.0. The lowest BCUT2D eigenvalue weighted by atomic mass is 10.0. The minimum Gasteiger partial charge on any atom is -0.493 e. The van der Waals surface area contributed by atoms with Crippen LogP contribution in [0.3, 0.4) is 0 Å². The van der Waals surface area contributed by atoms with Gasteiger partial charge in [-0.15, -0.1) is 0 Å². The van der Waals surface area contributed by atoms with Crippen molar-refractivity contribution in [2.75, 3.05) is 37.8 Å². The molecule has 0 saturated carbocycles. The maximum atomic E-state index is 11.0. The quantitative estimate of drug-likeness (QED) is 0.487. The number of morpholine rings is 1. The average molecular weight is 404 g/mol. The van der Waals surface area contributed by atoms with Crippen LogP contribution in [0.1, 0.15) is 5.56 Å². The van der Waals surface area contributed by atoms with E-state index >= 15 is 0 Å². The van der Waals surface area contributed by atoms with Crippen molar-refractivity contribution in [2.45, 2.75) is 6.42 Å². The first-order valence-corrected chi connectivity index (χ1v) is 9.91. The molecule has 152 valence electrons. The van der Waals surface area contributed by atoms with Gasteiger partial charge in [0.15, 0.2) is 5.82 Å². The van der Waals surface area contributed by atoms with Crippen LogP contribution in [-0.2, 0) is 11.2 Å². The summed E-state index contributed by atoms with van der Waals surface area (Å²) in [5.74, 6) is 2.23. The number of anilines is 1. The molecular weight excluding hydrogens is 384 g/mol. The summed E-state index contributed by atoms with van der Waals surface area (Å²) in [7, 11) is 0. The second-order valence-corrected chi connectivity index (χ2v) is 7.20. The van der Waals surface area contributed by atoms with E-state index in [9.17, 15) is 10.1 Å². The van der Waals surface area contributed by atoms with Gasteiger partial charge in [0, 0.05) is 48.3 Å². The lowest BCUT2D eigenvalue weighted by Gasteiger charge is -2.30. The standard InChI is InChI=1S/C22H20N4O4/c27-26(28)16-7-5-15(6-8-16)21-23-20-17-3-1-2-4-19(17)30-12-9-18(20)22(24-21)25-10-13-29-14-11-25/h1-8H,9-14H2. The van der Waals surface area contributed by atoms with Gasteiger partial charge < -0.3 is 14.4 Å². The molecule has 2 aromatic carbocycles. The third-order valence-electron chi connectivity index (χ3n) is 5.38. The molecule has 0 atom stereocenters. The van der Waals surface area contributed by atoms with Crippen LogP contribution >= 0.6 is 0 Å². The Kier molecular flexibility index (Phi) is 4.76. The van der Waals surface area contributed by atoms with E-state index in [0.717, 1.165) is 47.0 Å². The van der Waals surface area contributed by atoms with Gasteiger partial charge in [-0.1, -0.05) is 12.1 Å². The smallest absolute Gasteiger partial charge is 0.269 e. The molecule has 0 bridgehead atoms. The van der Waals surface area contributed by atoms with Crippen LogP contribution in [0.4, 0.5) is 11.5 Å². The summed E-state index contributed by atoms with van der Waals surface area (Å²) in [6, 6.07) is 14.2. The van der Waals surface area contributed by atoms with E-state index in [-0.39, 0.29) is 5.69 Å². The number of hydrogen-bond acceptors (Lipinski definition) is 7. The molecule has 3 aromatic rings. The number of hydrogen-bond donors (Lipinski definition) is 0. The van der Waals surface area contributed by atoms with E-state index in [0.29, 0.717) is 32.1 Å². The van der Waals surface area contributed by atoms with Crippen LogP contribution in [0.5, 0.6) is 5.75 Å². The highest BCUT2D eigenvalue weighted by molar-refractivity contribution is 5.77. The van der Waals surface area contributed by atoms with Gasteiger partial charge in [-0.25, -0.2) is 9.97 Å². The normalized spacial score (nSPS) is 15.5. The van der Waals surface area contributed by atoms with Gasteiger partial charge >= 0.3 is 0 Å². The molecule has 30 heavy (non-hydrogen) atoms. The molecular formula is C22H20N4O4. The van der Waals surface area contributed by atoms with Gasteiger partial charge in [-0.3, -0.25) is 10.1 Å². The molecule has 0 N–H and O–H groups in total. The van der Waals surface area contributed by atoms with Gasteiger partial charge in [-0.2, -0.15) is 0 Å². The first-order chi connectivity index (χ1) is 14.7. The van der Waals surface area contributed by atoms with E-state index in [1.807, 2.05) is 24.3 Å². The second kappa shape index (κ2) is 7.72. The highest BCUT2D eigenvalue weighted by Gasteiger charge is 2.26. The molecule has 2 aliphatic rings. The van der Waals surface area contributed by atoms with E-state index < -0.39 is 4.92 Å². The summed E-state index contributed by atoms with van der Waals surface area (Å²) in [5.41, 5.74) is 3.63. The maximum Gasteiger partial charge on any atom is 0.269 e. The summed E-state index contributed by atoms with van der Waals surface area (Å²) in [6.45, 7) is 3.37. The molecule has 3 heterocycles. The largest absolute Gasteiger partial charge is 0.493 e. The van der Waals surface area contributed by atoms with Crippen LogP contribution in [0.2, 0.25) is 0 Å². The van der Waals surface area contributed by atoms with Crippen LogP contribution in [0, 0.1) is 10.1 Å². The van der Waals surface area contributed by atoms with Crippen molar-refractivity contribution in [2.24, 2.45) is 0 Å². The Morgan fingerprint density at radius 3 is 2.50 bits per heavy atom. The summed E-state index contributed by atoms with van der Waals surface area (Å²) in [5, 5.41) is 11.0. The summed E-state index contributed by atoms with van der Waals surface area (Å²) in [4.78, 5) is 22.6. The number of nitrogens with zero attached hydrogens (tertiary/aromatic N) is 4. The molecule has 0 unspecified atom stereocenters. The molecule has 1 fully saturated rings. The van der Waals surface area contributed by atoms with Gasteiger partial charge in [-0.05, 0) is 24.3 Å². The first-order valence-electron chi connectivity index (χ1n) is 9.91. The fourth-order valence-electron chi connectivity index (χ4n) is 3.87. The number of benzene rings is 2. The predicted molar refractivity (Wildman–Crippen MR) is 112 cm³/mol. The number of rotatable bonds is 3. The number of para-hydroxylation sites is 1. The van der Waals surface area contributed by atoms with E-state index in [1.54, 1.807) is 12.1 Å². The average Bonchev–Trinajstić information content (AvgIpc) is 2.98. The van der Waals surface area contributed by atoms with Crippen molar-refractivity contribution in [1.29, 1.82) is 0 Å². The lowest BCUT2D eigenvalue weighted by molar-refractivity contribution is -0.384. The summed E-state index contributed by atoms with van der Waals surface area (Å²) >= 11 is 0. The third kappa shape index (κ3) is 3.35. The zero-order valence-electron chi connectivity index (χ0n) is 16.3. The van der Waals surface area contributed by atoms with Gasteiger partial charge in [0.1, 0.15) is 11.6 Å². The fourth-order valence-corrected chi connectivity index (χ4v) is 3.87. The zero-order chi connectivity index (χ0) is 20.5. The highest BCUT2D eigenvalue weighted by atomic mass is 16.6. The van der Waals surface area contributed by atoms with Crippen molar-refractivity contribution < 1.29 is 14.4 Å². The topological polar surface area (TPSA) is 90.6 Å². The number of ether oxygens (including phenoxy) is 2. The molecule has 0 amide bonds. The SMILES string of the molecule is O=[N+]([O-])c1ccc(-c2nc3c(c(N4CCOCC4)n2)CCOc2ccccc2-3)cc1. The van der Waals surface area contributed by atoms with Crippen molar-refractivity contribution >= 4 is 11.5 Å².